The normalized spacial score (nSPS) is 10.9. The molecule has 27 heavy (non-hydrogen) atoms. The number of carbonyl (C=O) groups is 1. The van der Waals surface area contributed by atoms with E-state index in [2.05, 4.69) is 35.0 Å². The Balaban J connectivity index is 1.63. The molecule has 0 bridgehead atoms. The van der Waals surface area contributed by atoms with Gasteiger partial charge in [-0.2, -0.15) is 0 Å². The van der Waals surface area contributed by atoms with E-state index in [-0.39, 0.29) is 5.91 Å². The van der Waals surface area contributed by atoms with Crippen LogP contribution in [0.5, 0.6) is 5.75 Å². The van der Waals surface area contributed by atoms with Gasteiger partial charge in [-0.3, -0.25) is 4.79 Å². The summed E-state index contributed by atoms with van der Waals surface area (Å²) in [5.41, 5.74) is 3.32. The van der Waals surface area contributed by atoms with Crippen LogP contribution >= 0.6 is 0 Å². The summed E-state index contributed by atoms with van der Waals surface area (Å²) in [5, 5.41) is 2.93. The SMILES string of the molecule is CCC(=O)NCCc1nc2ccccc2n1CCCOc1cccc(C)c1. The van der Waals surface area contributed by atoms with Crippen molar-refractivity contribution in [2.24, 2.45) is 0 Å². The Morgan fingerprint density at radius 3 is 2.85 bits per heavy atom. The second-order valence-electron chi connectivity index (χ2n) is 6.64. The molecule has 1 heterocycles. The van der Waals surface area contributed by atoms with Gasteiger partial charge in [-0.05, 0) is 43.2 Å². The van der Waals surface area contributed by atoms with Crippen LogP contribution in [0.25, 0.3) is 11.0 Å². The summed E-state index contributed by atoms with van der Waals surface area (Å²) in [5.74, 6) is 1.99. The zero-order valence-electron chi connectivity index (χ0n) is 16.1. The van der Waals surface area contributed by atoms with Crippen molar-refractivity contribution in [3.63, 3.8) is 0 Å². The predicted molar refractivity (Wildman–Crippen MR) is 108 cm³/mol. The van der Waals surface area contributed by atoms with Crippen LogP contribution in [0.1, 0.15) is 31.2 Å². The number of para-hydroxylation sites is 2. The molecule has 0 unspecified atom stereocenters. The summed E-state index contributed by atoms with van der Waals surface area (Å²) in [4.78, 5) is 16.2. The van der Waals surface area contributed by atoms with Gasteiger partial charge in [-0.25, -0.2) is 4.98 Å². The third-order valence-electron chi connectivity index (χ3n) is 4.51. The van der Waals surface area contributed by atoms with E-state index in [0.717, 1.165) is 42.0 Å². The smallest absolute Gasteiger partial charge is 0.219 e. The number of hydrogen-bond donors (Lipinski definition) is 1. The lowest BCUT2D eigenvalue weighted by Gasteiger charge is -2.11. The van der Waals surface area contributed by atoms with Crippen molar-refractivity contribution in [2.75, 3.05) is 13.2 Å². The van der Waals surface area contributed by atoms with Gasteiger partial charge in [0.05, 0.1) is 17.6 Å². The standard InChI is InChI=1S/C22H27N3O2/c1-3-22(26)23-13-12-21-24-19-10-4-5-11-20(19)25(21)14-7-15-27-18-9-6-8-17(2)16-18/h4-6,8-11,16H,3,7,12-15H2,1-2H3,(H,23,26). The number of aromatic nitrogens is 2. The second-order valence-corrected chi connectivity index (χ2v) is 6.64. The molecule has 0 saturated heterocycles. The average molecular weight is 365 g/mol. The lowest BCUT2D eigenvalue weighted by molar-refractivity contribution is -0.120. The molecule has 0 aliphatic rings. The average Bonchev–Trinajstić information content (AvgIpc) is 3.02. The third-order valence-corrected chi connectivity index (χ3v) is 4.51. The molecule has 0 aliphatic carbocycles. The topological polar surface area (TPSA) is 56.2 Å². The highest BCUT2D eigenvalue weighted by Crippen LogP contribution is 2.18. The Kier molecular flexibility index (Phi) is 6.47. The molecule has 0 fully saturated rings. The van der Waals surface area contributed by atoms with Gasteiger partial charge in [0.2, 0.25) is 5.91 Å². The van der Waals surface area contributed by atoms with Crippen molar-refractivity contribution < 1.29 is 9.53 Å². The minimum Gasteiger partial charge on any atom is -0.494 e. The molecule has 5 heteroatoms. The number of benzene rings is 2. The number of carbonyl (C=O) groups excluding carboxylic acids is 1. The first-order valence-electron chi connectivity index (χ1n) is 9.57. The third kappa shape index (κ3) is 5.09. The predicted octanol–water partition coefficient (Wildman–Crippen LogP) is 3.88. The highest BCUT2D eigenvalue weighted by Gasteiger charge is 2.10. The highest BCUT2D eigenvalue weighted by atomic mass is 16.5. The van der Waals surface area contributed by atoms with Gasteiger partial charge in [-0.1, -0.05) is 31.2 Å². The molecule has 0 radical (unpaired) electrons. The maximum absolute atomic E-state index is 11.5. The fourth-order valence-corrected chi connectivity index (χ4v) is 3.12. The zero-order valence-corrected chi connectivity index (χ0v) is 16.1. The Bertz CT molecular complexity index is 901. The van der Waals surface area contributed by atoms with Crippen molar-refractivity contribution in [1.29, 1.82) is 0 Å². The van der Waals surface area contributed by atoms with Crippen LogP contribution in [-0.2, 0) is 17.8 Å². The first kappa shape index (κ1) is 19.0. The van der Waals surface area contributed by atoms with Crippen molar-refractivity contribution in [2.45, 2.75) is 39.7 Å². The van der Waals surface area contributed by atoms with E-state index in [9.17, 15) is 4.79 Å². The van der Waals surface area contributed by atoms with Crippen LogP contribution in [-0.4, -0.2) is 28.6 Å². The van der Waals surface area contributed by atoms with Crippen molar-refractivity contribution >= 4 is 16.9 Å². The van der Waals surface area contributed by atoms with Gasteiger partial charge in [0.25, 0.3) is 0 Å². The maximum atomic E-state index is 11.5. The summed E-state index contributed by atoms with van der Waals surface area (Å²) in [6, 6.07) is 16.3. The number of amides is 1. The Morgan fingerprint density at radius 1 is 1.19 bits per heavy atom. The van der Waals surface area contributed by atoms with Crippen LogP contribution in [0.3, 0.4) is 0 Å². The summed E-state index contributed by atoms with van der Waals surface area (Å²) in [6.07, 6.45) is 2.12. The molecule has 1 aromatic heterocycles. The molecule has 0 aliphatic heterocycles. The number of nitrogens with one attached hydrogen (secondary N) is 1. The van der Waals surface area contributed by atoms with Gasteiger partial charge in [0.15, 0.2) is 0 Å². The van der Waals surface area contributed by atoms with Gasteiger partial charge in [0.1, 0.15) is 11.6 Å². The maximum Gasteiger partial charge on any atom is 0.219 e. The Hall–Kier alpha value is -2.82. The molecular weight excluding hydrogens is 338 g/mol. The Morgan fingerprint density at radius 2 is 2.04 bits per heavy atom. The molecule has 2 aromatic carbocycles. The Labute approximate surface area is 160 Å². The molecule has 142 valence electrons. The minimum atomic E-state index is 0.0733. The molecule has 3 rings (SSSR count). The number of hydrogen-bond acceptors (Lipinski definition) is 3. The van der Waals surface area contributed by atoms with E-state index in [0.29, 0.717) is 19.6 Å². The lowest BCUT2D eigenvalue weighted by atomic mass is 10.2. The number of aryl methyl sites for hydroxylation is 2. The van der Waals surface area contributed by atoms with E-state index in [1.165, 1.54) is 5.56 Å². The molecule has 0 atom stereocenters. The molecule has 0 spiro atoms. The van der Waals surface area contributed by atoms with E-state index in [4.69, 9.17) is 9.72 Å². The highest BCUT2D eigenvalue weighted by molar-refractivity contribution is 5.76. The molecule has 1 N–H and O–H groups in total. The van der Waals surface area contributed by atoms with Crippen molar-refractivity contribution in [3.05, 3.63) is 59.9 Å². The summed E-state index contributed by atoms with van der Waals surface area (Å²) in [7, 11) is 0. The van der Waals surface area contributed by atoms with Gasteiger partial charge in [0, 0.05) is 25.9 Å². The largest absolute Gasteiger partial charge is 0.494 e. The number of ether oxygens (including phenoxy) is 1. The summed E-state index contributed by atoms with van der Waals surface area (Å²) in [6.45, 7) is 6.02. The summed E-state index contributed by atoms with van der Waals surface area (Å²) < 4.78 is 8.12. The van der Waals surface area contributed by atoms with Crippen LogP contribution in [0.2, 0.25) is 0 Å². The fourth-order valence-electron chi connectivity index (χ4n) is 3.12. The van der Waals surface area contributed by atoms with E-state index in [1.807, 2.05) is 37.3 Å². The van der Waals surface area contributed by atoms with Gasteiger partial charge >= 0.3 is 0 Å². The first-order chi connectivity index (χ1) is 13.2. The molecule has 0 saturated carbocycles. The van der Waals surface area contributed by atoms with Crippen molar-refractivity contribution in [3.8, 4) is 5.75 Å². The summed E-state index contributed by atoms with van der Waals surface area (Å²) >= 11 is 0. The molecule has 1 amide bonds. The number of rotatable bonds is 9. The van der Waals surface area contributed by atoms with Crippen LogP contribution in [0.15, 0.2) is 48.5 Å². The first-order valence-corrected chi connectivity index (χ1v) is 9.57. The second kappa shape index (κ2) is 9.21. The van der Waals surface area contributed by atoms with E-state index in [1.54, 1.807) is 0 Å². The number of imidazole rings is 1. The van der Waals surface area contributed by atoms with E-state index >= 15 is 0 Å². The van der Waals surface area contributed by atoms with Crippen LogP contribution in [0, 0.1) is 6.92 Å². The van der Waals surface area contributed by atoms with E-state index < -0.39 is 0 Å². The van der Waals surface area contributed by atoms with Gasteiger partial charge < -0.3 is 14.6 Å². The number of nitrogens with zero attached hydrogens (tertiary/aromatic N) is 2. The number of fused-ring (bicyclic) bond motifs is 1. The fraction of sp³-hybridized carbons (Fsp3) is 0.364. The molecule has 5 nitrogen and oxygen atoms in total. The zero-order chi connectivity index (χ0) is 19.1. The van der Waals surface area contributed by atoms with Crippen molar-refractivity contribution in [1.82, 2.24) is 14.9 Å². The molecular formula is C22H27N3O2. The quantitative estimate of drug-likeness (QED) is 0.586. The molecule has 3 aromatic rings. The van der Waals surface area contributed by atoms with Gasteiger partial charge in [-0.15, -0.1) is 0 Å². The lowest BCUT2D eigenvalue weighted by Crippen LogP contribution is -2.25. The van der Waals surface area contributed by atoms with Crippen LogP contribution in [0.4, 0.5) is 0 Å². The minimum absolute atomic E-state index is 0.0733. The van der Waals surface area contributed by atoms with Crippen LogP contribution < -0.4 is 10.1 Å². The monoisotopic (exact) mass is 365 g/mol.